The maximum atomic E-state index is 12.9. The molecule has 0 spiro atoms. The molecule has 3 aromatic carbocycles. The number of fused-ring (bicyclic) bond motifs is 4. The van der Waals surface area contributed by atoms with Crippen molar-refractivity contribution >= 4 is 69.1 Å². The number of carboxylic acids is 1. The Morgan fingerprint density at radius 1 is 1.03 bits per heavy atom. The number of aromatic carboxylic acids is 1. The zero-order chi connectivity index (χ0) is 41.7. The van der Waals surface area contributed by atoms with Crippen LogP contribution in [0.3, 0.4) is 0 Å². The molecule has 5 aliphatic rings. The molecule has 15 nitrogen and oxygen atoms in total. The van der Waals surface area contributed by atoms with Crippen LogP contribution in [0.25, 0.3) is 44.7 Å². The Hall–Kier alpha value is -6.69. The van der Waals surface area contributed by atoms with Crippen molar-refractivity contribution in [1.29, 1.82) is 0 Å². The Kier molecular flexibility index (Phi) is 10.2. The number of anilines is 1. The van der Waals surface area contributed by atoms with Crippen molar-refractivity contribution in [3.05, 3.63) is 101 Å². The van der Waals surface area contributed by atoms with E-state index in [2.05, 4.69) is 20.2 Å². The summed E-state index contributed by atoms with van der Waals surface area (Å²) in [5.74, 6) is 1.72. The molecule has 4 aliphatic heterocycles. The number of thioether (sulfide) groups is 1. The lowest BCUT2D eigenvalue weighted by molar-refractivity contribution is 0.0697. The number of aliphatic imine (C=N–C) groups is 3. The van der Waals surface area contributed by atoms with Crippen LogP contribution in [0.2, 0.25) is 0 Å². The second-order valence-electron chi connectivity index (χ2n) is 14.5. The van der Waals surface area contributed by atoms with Crippen LogP contribution in [0.1, 0.15) is 30.6 Å². The first-order valence-electron chi connectivity index (χ1n) is 19.0. The minimum absolute atomic E-state index is 0.00699. The van der Waals surface area contributed by atoms with E-state index in [0.717, 1.165) is 10.5 Å². The van der Waals surface area contributed by atoms with Crippen LogP contribution in [0.4, 0.5) is 5.69 Å². The van der Waals surface area contributed by atoms with E-state index in [-0.39, 0.29) is 35.3 Å². The first-order valence-corrected chi connectivity index (χ1v) is 20.3. The van der Waals surface area contributed by atoms with Crippen molar-refractivity contribution in [2.45, 2.75) is 43.4 Å². The van der Waals surface area contributed by atoms with Gasteiger partial charge in [0.1, 0.15) is 47.2 Å². The zero-order valence-corrected chi connectivity index (χ0v) is 33.8. The van der Waals surface area contributed by atoms with Gasteiger partial charge in [0.25, 0.3) is 0 Å². The normalized spacial score (nSPS) is 16.6. The van der Waals surface area contributed by atoms with Gasteiger partial charge < -0.3 is 49.4 Å². The Balaban J connectivity index is 0.953. The van der Waals surface area contributed by atoms with E-state index < -0.39 is 18.2 Å². The number of ether oxygens (including phenoxy) is 2. The molecule has 2 unspecified atom stereocenters. The number of rotatable bonds is 10. The van der Waals surface area contributed by atoms with Crippen molar-refractivity contribution in [3.8, 4) is 51.0 Å². The molecule has 1 aromatic heterocycles. The van der Waals surface area contributed by atoms with Gasteiger partial charge in [-0.1, -0.05) is 17.8 Å². The van der Waals surface area contributed by atoms with Crippen molar-refractivity contribution in [3.63, 3.8) is 0 Å². The van der Waals surface area contributed by atoms with Crippen LogP contribution in [-0.4, -0.2) is 86.6 Å². The zero-order valence-electron chi connectivity index (χ0n) is 32.2. The summed E-state index contributed by atoms with van der Waals surface area (Å²) in [6.07, 6.45) is 3.16. The van der Waals surface area contributed by atoms with Crippen molar-refractivity contribution in [2.75, 3.05) is 25.2 Å². The van der Waals surface area contributed by atoms with E-state index in [0.29, 0.717) is 86.2 Å². The van der Waals surface area contributed by atoms with E-state index in [1.54, 1.807) is 30.5 Å². The topological polar surface area (TPSA) is 201 Å². The predicted octanol–water partition coefficient (Wildman–Crippen LogP) is 7.31. The molecule has 60 heavy (non-hydrogen) atoms. The number of nitrogens with one attached hydrogen (secondary N) is 1. The second-order valence-corrected chi connectivity index (χ2v) is 15.9. The van der Waals surface area contributed by atoms with Crippen LogP contribution in [-0.2, 0) is 0 Å². The number of phenolic OH excluding ortho intramolecular Hbond substituents is 1. The third kappa shape index (κ3) is 7.31. The quantitative estimate of drug-likeness (QED) is 0.0790. The fourth-order valence-electron chi connectivity index (χ4n) is 7.51. The van der Waals surface area contributed by atoms with Gasteiger partial charge in [-0.3, -0.25) is 9.79 Å². The molecular weight excluding hydrogens is 807 g/mol. The highest BCUT2D eigenvalue weighted by molar-refractivity contribution is 8.14. The van der Waals surface area contributed by atoms with E-state index in [1.807, 2.05) is 43.0 Å². The molecule has 17 heteroatoms. The first kappa shape index (κ1) is 38.8. The summed E-state index contributed by atoms with van der Waals surface area (Å²) in [6.45, 7) is 5.27. The van der Waals surface area contributed by atoms with Crippen LogP contribution in [0.5, 0.6) is 17.2 Å². The largest absolute Gasteiger partial charge is 0.508 e. The number of nitrogens with zero attached hydrogens (tertiary/aromatic N) is 5. The number of phenols is 1. The Morgan fingerprint density at radius 2 is 1.85 bits per heavy atom. The monoisotopic (exact) mass is 843 g/mol. The fraction of sp³-hybridized carbons (Fsp3) is 0.209. The first-order chi connectivity index (χ1) is 29.0. The Morgan fingerprint density at radius 3 is 2.63 bits per heavy atom. The van der Waals surface area contributed by atoms with Gasteiger partial charge in [-0.15, -0.1) is 0 Å². The lowest BCUT2D eigenvalue weighted by Crippen LogP contribution is -2.45. The third-order valence-electron chi connectivity index (χ3n) is 10.3. The Bertz CT molecular complexity index is 2800. The average Bonchev–Trinajstić information content (AvgIpc) is 3.99. The number of benzene rings is 4. The SMILES string of the molecule is CC(C)N(CCCN1C(Sc2cc3c(cc2-c2ccco2)OCO3)=NC2C1=NC=NC2N)C(=S)Nc1ccc(-c2c3ccc(=O)cc-3oc3cc(O)ccc23)c(C(=O)O)c1. The van der Waals surface area contributed by atoms with Gasteiger partial charge >= 0.3 is 5.97 Å². The average molecular weight is 844 g/mol. The van der Waals surface area contributed by atoms with Gasteiger partial charge in [-0.25, -0.2) is 14.8 Å². The smallest absolute Gasteiger partial charge is 0.336 e. The van der Waals surface area contributed by atoms with Gasteiger partial charge in [0, 0.05) is 63.9 Å². The highest BCUT2D eigenvalue weighted by Crippen LogP contribution is 2.45. The summed E-state index contributed by atoms with van der Waals surface area (Å²) >= 11 is 7.41. The number of hydrogen-bond acceptors (Lipinski definition) is 14. The van der Waals surface area contributed by atoms with E-state index in [9.17, 15) is 19.8 Å². The highest BCUT2D eigenvalue weighted by atomic mass is 32.2. The molecule has 0 amide bonds. The van der Waals surface area contributed by atoms with Crippen molar-refractivity contribution in [1.82, 2.24) is 9.80 Å². The molecule has 4 aromatic rings. The number of thiocarbonyl (C=S) groups is 1. The molecular formula is C43H37N7O8S2. The number of hydrogen-bond donors (Lipinski definition) is 4. The second kappa shape index (κ2) is 15.8. The molecule has 5 heterocycles. The van der Waals surface area contributed by atoms with Crippen LogP contribution in [0.15, 0.2) is 119 Å². The standard InChI is InChI=1S/C43H37N7O8S2/c1-22(2)49(42(59)47-23-6-9-26(29(15-23)41(53)54)37-27-10-7-24(51)16-32(27)58-33-17-25(52)8-11-28(33)37)12-4-13-50-40-38(39(44)45-20-46-40)48-43(50)60-36-19-35-34(56-21-57-35)18-30(36)31-5-3-14-55-31/h3,5-11,14-20,22,38-39,51H,4,12-13,21,44H2,1-2H3,(H,47,59)(H,53,54). The molecule has 0 bridgehead atoms. The third-order valence-corrected chi connectivity index (χ3v) is 11.8. The van der Waals surface area contributed by atoms with Crippen LogP contribution < -0.4 is 26.0 Å². The molecule has 0 saturated heterocycles. The number of furan rings is 1. The van der Waals surface area contributed by atoms with Gasteiger partial charge in [0.05, 0.1) is 11.8 Å². The summed E-state index contributed by atoms with van der Waals surface area (Å²) in [6, 6.07) is 21.1. The van der Waals surface area contributed by atoms with Gasteiger partial charge in [0.2, 0.25) is 6.79 Å². The lowest BCUT2D eigenvalue weighted by atomic mass is 9.90. The molecule has 0 radical (unpaired) electrons. The van der Waals surface area contributed by atoms with Gasteiger partial charge in [-0.05, 0) is 98.7 Å². The maximum absolute atomic E-state index is 12.9. The van der Waals surface area contributed by atoms with Crippen molar-refractivity contribution < 1.29 is 33.3 Å². The minimum Gasteiger partial charge on any atom is -0.508 e. The summed E-state index contributed by atoms with van der Waals surface area (Å²) in [5.41, 5.74) is 9.27. The van der Waals surface area contributed by atoms with E-state index in [4.69, 9.17) is 41.3 Å². The predicted molar refractivity (Wildman–Crippen MR) is 234 cm³/mol. The van der Waals surface area contributed by atoms with Crippen LogP contribution in [0, 0.1) is 0 Å². The van der Waals surface area contributed by atoms with E-state index >= 15 is 0 Å². The molecule has 2 atom stereocenters. The van der Waals surface area contributed by atoms with Gasteiger partial charge in [0.15, 0.2) is 27.2 Å². The summed E-state index contributed by atoms with van der Waals surface area (Å²) < 4.78 is 23.1. The number of aromatic hydroxyl groups is 1. The molecule has 1 aliphatic carbocycles. The van der Waals surface area contributed by atoms with Crippen LogP contribution >= 0.6 is 24.0 Å². The fourth-order valence-corrected chi connectivity index (χ4v) is 9.02. The van der Waals surface area contributed by atoms with Gasteiger partial charge in [-0.2, -0.15) is 0 Å². The van der Waals surface area contributed by atoms with E-state index in [1.165, 1.54) is 48.4 Å². The summed E-state index contributed by atoms with van der Waals surface area (Å²) in [5, 5.41) is 25.6. The number of nitrogens with two attached hydrogens (primary N) is 1. The minimum atomic E-state index is -1.16. The number of carboxylic acid groups (broad SMARTS) is 1. The number of amidine groups is 2. The summed E-state index contributed by atoms with van der Waals surface area (Å²) in [7, 11) is 0. The summed E-state index contributed by atoms with van der Waals surface area (Å²) in [4.78, 5) is 44.0. The Labute approximate surface area is 352 Å². The molecule has 0 fully saturated rings. The number of carbonyl (C=O) groups is 1. The molecule has 5 N–H and O–H groups in total. The maximum Gasteiger partial charge on any atom is 0.336 e. The molecule has 9 rings (SSSR count). The highest BCUT2D eigenvalue weighted by Gasteiger charge is 2.38. The molecule has 304 valence electrons. The molecule has 0 saturated carbocycles. The lowest BCUT2D eigenvalue weighted by Gasteiger charge is -2.31. The van der Waals surface area contributed by atoms with Crippen molar-refractivity contribution in [2.24, 2.45) is 20.7 Å².